The molecule has 3 aromatic rings. The zero-order chi connectivity index (χ0) is 23.9. The van der Waals surface area contributed by atoms with Crippen molar-refractivity contribution in [2.75, 3.05) is 0 Å². The molecule has 2 amide bonds. The molecule has 3 heterocycles. The summed E-state index contributed by atoms with van der Waals surface area (Å²) in [5.41, 5.74) is 1.20. The van der Waals surface area contributed by atoms with Crippen LogP contribution < -0.4 is 9.67 Å². The van der Waals surface area contributed by atoms with Crippen LogP contribution >= 0.6 is 23.2 Å². The van der Waals surface area contributed by atoms with Crippen LogP contribution in [0.25, 0.3) is 17.0 Å². The number of pyridine rings is 1. The number of rotatable bonds is 6. The standard InChI is InChI=1S/C24H22Cl2N4O3/c1-4-8-18-19(23(32)30(27-18)15-9-10-16(25)17(26)13-15)20-21(28-11-6-5-7-12-28)24(33)29(14(2)3)22(20)31/h5-7,9-14H,4,8H2,1-3H3. The molecule has 170 valence electrons. The largest absolute Gasteiger partial charge is 0.858 e. The molecule has 0 saturated carbocycles. The van der Waals surface area contributed by atoms with Gasteiger partial charge in [0.25, 0.3) is 11.6 Å². The lowest BCUT2D eigenvalue weighted by Gasteiger charge is -2.18. The highest BCUT2D eigenvalue weighted by atomic mass is 35.5. The lowest BCUT2D eigenvalue weighted by atomic mass is 10.0. The summed E-state index contributed by atoms with van der Waals surface area (Å²) < 4.78 is 2.78. The van der Waals surface area contributed by atoms with Crippen LogP contribution in [-0.4, -0.2) is 32.5 Å². The first-order chi connectivity index (χ1) is 15.8. The molecule has 1 aromatic carbocycles. The Labute approximate surface area is 201 Å². The Kier molecular flexibility index (Phi) is 6.28. The number of hydrogen-bond acceptors (Lipinski definition) is 4. The molecule has 0 radical (unpaired) electrons. The molecule has 33 heavy (non-hydrogen) atoms. The fraction of sp³-hybridized carbons (Fsp3) is 0.250. The maximum Gasteiger partial charge on any atom is 0.327 e. The summed E-state index contributed by atoms with van der Waals surface area (Å²) in [4.78, 5) is 28.0. The Morgan fingerprint density at radius 2 is 1.76 bits per heavy atom. The van der Waals surface area contributed by atoms with E-state index in [9.17, 15) is 14.7 Å². The number of nitrogens with zero attached hydrogens (tertiary/aromatic N) is 4. The molecule has 0 saturated heterocycles. The summed E-state index contributed by atoms with van der Waals surface area (Å²) in [7, 11) is 0. The van der Waals surface area contributed by atoms with Gasteiger partial charge in [0.05, 0.1) is 21.4 Å². The highest BCUT2D eigenvalue weighted by Gasteiger charge is 2.47. The van der Waals surface area contributed by atoms with Crippen LogP contribution in [-0.2, 0) is 16.0 Å². The zero-order valence-electron chi connectivity index (χ0n) is 18.4. The van der Waals surface area contributed by atoms with Gasteiger partial charge in [-0.3, -0.25) is 14.5 Å². The molecule has 9 heteroatoms. The van der Waals surface area contributed by atoms with E-state index in [4.69, 9.17) is 23.2 Å². The second-order valence-corrected chi connectivity index (χ2v) is 8.78. The number of amides is 2. The Morgan fingerprint density at radius 1 is 1.06 bits per heavy atom. The molecule has 4 rings (SSSR count). The topological polar surface area (TPSA) is 82.1 Å². The van der Waals surface area contributed by atoms with E-state index in [1.165, 1.54) is 9.58 Å². The summed E-state index contributed by atoms with van der Waals surface area (Å²) in [5, 5.41) is 18.8. The van der Waals surface area contributed by atoms with E-state index >= 15 is 0 Å². The Bertz CT molecular complexity index is 1280. The summed E-state index contributed by atoms with van der Waals surface area (Å²) in [6, 6.07) is 9.69. The van der Waals surface area contributed by atoms with Gasteiger partial charge in [0.1, 0.15) is 5.57 Å². The van der Waals surface area contributed by atoms with E-state index in [0.29, 0.717) is 29.2 Å². The molecule has 0 aliphatic carbocycles. The summed E-state index contributed by atoms with van der Waals surface area (Å²) in [6.07, 6.45) is 4.51. The second-order valence-electron chi connectivity index (χ2n) is 7.97. The number of benzene rings is 1. The SMILES string of the molecule is CCCc1nn(-c2ccc(Cl)c(Cl)c2)c([O-])c1C1=C([n+]2ccccc2)C(=O)N(C(C)C)C1=O. The predicted octanol–water partition coefficient (Wildman–Crippen LogP) is 3.64. The van der Waals surface area contributed by atoms with Gasteiger partial charge in [-0.15, -0.1) is 0 Å². The number of aromatic nitrogens is 3. The quantitative estimate of drug-likeness (QED) is 0.395. The third-order valence-corrected chi connectivity index (χ3v) is 6.12. The van der Waals surface area contributed by atoms with Crippen molar-refractivity contribution >= 4 is 46.3 Å². The first-order valence-electron chi connectivity index (χ1n) is 10.6. The second kappa shape index (κ2) is 9.00. The number of carbonyl (C=O) groups is 2. The Balaban J connectivity index is 2.01. The molecular weight excluding hydrogens is 463 g/mol. The van der Waals surface area contributed by atoms with Crippen molar-refractivity contribution in [1.29, 1.82) is 0 Å². The van der Waals surface area contributed by atoms with Gasteiger partial charge in [0.15, 0.2) is 12.4 Å². The van der Waals surface area contributed by atoms with Gasteiger partial charge < -0.3 is 5.11 Å². The van der Waals surface area contributed by atoms with Crippen molar-refractivity contribution in [2.45, 2.75) is 39.7 Å². The maximum atomic E-state index is 13.7. The van der Waals surface area contributed by atoms with Crippen LogP contribution in [0, 0.1) is 0 Å². The monoisotopic (exact) mass is 484 g/mol. The average molecular weight is 485 g/mol. The molecule has 7 nitrogen and oxygen atoms in total. The van der Waals surface area contributed by atoms with Crippen molar-refractivity contribution < 1.29 is 19.3 Å². The third-order valence-electron chi connectivity index (χ3n) is 5.38. The minimum absolute atomic E-state index is 0.0599. The average Bonchev–Trinajstić information content (AvgIpc) is 3.23. The van der Waals surface area contributed by atoms with Crippen LogP contribution in [0.5, 0.6) is 5.88 Å². The molecule has 2 aromatic heterocycles. The maximum absolute atomic E-state index is 13.7. The normalized spacial score (nSPS) is 14.2. The van der Waals surface area contributed by atoms with Crippen LogP contribution in [0.4, 0.5) is 0 Å². The molecule has 0 atom stereocenters. The van der Waals surface area contributed by atoms with Crippen molar-refractivity contribution in [2.24, 2.45) is 0 Å². The summed E-state index contributed by atoms with van der Waals surface area (Å²) >= 11 is 12.2. The Hall–Kier alpha value is -3.16. The smallest absolute Gasteiger partial charge is 0.327 e. The van der Waals surface area contributed by atoms with Gasteiger partial charge in [0, 0.05) is 23.7 Å². The summed E-state index contributed by atoms with van der Waals surface area (Å²) in [6.45, 7) is 5.47. The van der Waals surface area contributed by atoms with Crippen molar-refractivity contribution in [3.8, 4) is 11.6 Å². The molecule has 1 aliphatic heterocycles. The molecule has 0 spiro atoms. The molecular formula is C24H22Cl2N4O3. The molecule has 1 aliphatic rings. The Morgan fingerprint density at radius 3 is 2.36 bits per heavy atom. The van der Waals surface area contributed by atoms with E-state index in [-0.39, 0.29) is 27.9 Å². The summed E-state index contributed by atoms with van der Waals surface area (Å²) in [5.74, 6) is -1.46. The number of hydrogen-bond donors (Lipinski definition) is 0. The van der Waals surface area contributed by atoms with Crippen molar-refractivity contribution in [1.82, 2.24) is 14.7 Å². The van der Waals surface area contributed by atoms with E-state index in [1.54, 1.807) is 61.1 Å². The first-order valence-corrected chi connectivity index (χ1v) is 11.3. The van der Waals surface area contributed by atoms with Crippen LogP contribution in [0.1, 0.15) is 38.4 Å². The van der Waals surface area contributed by atoms with Crippen molar-refractivity contribution in [3.63, 3.8) is 0 Å². The minimum Gasteiger partial charge on any atom is -0.858 e. The van der Waals surface area contributed by atoms with Gasteiger partial charge in [-0.25, -0.2) is 4.68 Å². The van der Waals surface area contributed by atoms with E-state index in [2.05, 4.69) is 5.10 Å². The van der Waals surface area contributed by atoms with Crippen LogP contribution in [0.15, 0.2) is 48.8 Å². The van der Waals surface area contributed by atoms with Gasteiger partial charge in [-0.2, -0.15) is 9.67 Å². The number of aryl methyl sites for hydroxylation is 1. The predicted molar refractivity (Wildman–Crippen MR) is 124 cm³/mol. The van der Waals surface area contributed by atoms with Crippen LogP contribution in [0.2, 0.25) is 10.0 Å². The first kappa shape index (κ1) is 23.0. The minimum atomic E-state index is -0.510. The van der Waals surface area contributed by atoms with E-state index in [0.717, 1.165) is 0 Å². The lowest BCUT2D eigenvalue weighted by Crippen LogP contribution is -2.42. The number of halogens is 2. The van der Waals surface area contributed by atoms with Gasteiger partial charge in [0.2, 0.25) is 0 Å². The highest BCUT2D eigenvalue weighted by Crippen LogP contribution is 2.38. The van der Waals surface area contributed by atoms with E-state index < -0.39 is 17.7 Å². The zero-order valence-corrected chi connectivity index (χ0v) is 19.9. The van der Waals surface area contributed by atoms with E-state index in [1.807, 2.05) is 13.0 Å². The third kappa shape index (κ3) is 3.92. The molecule has 0 N–H and O–H groups in total. The fourth-order valence-corrected chi connectivity index (χ4v) is 4.21. The fourth-order valence-electron chi connectivity index (χ4n) is 3.92. The number of carbonyl (C=O) groups excluding carboxylic acids is 2. The molecule has 0 unspecified atom stereocenters. The van der Waals surface area contributed by atoms with Gasteiger partial charge in [-0.05, 0) is 44.3 Å². The molecule has 0 fully saturated rings. The lowest BCUT2D eigenvalue weighted by molar-refractivity contribution is -0.576. The van der Waals surface area contributed by atoms with Gasteiger partial charge >= 0.3 is 5.91 Å². The highest BCUT2D eigenvalue weighted by molar-refractivity contribution is 6.45. The van der Waals surface area contributed by atoms with Crippen LogP contribution in [0.3, 0.4) is 0 Å². The van der Waals surface area contributed by atoms with Gasteiger partial charge in [-0.1, -0.05) is 42.6 Å². The van der Waals surface area contributed by atoms with Crippen molar-refractivity contribution in [3.05, 3.63) is 70.1 Å². The number of imide groups is 1. The molecule has 0 bridgehead atoms.